The maximum atomic E-state index is 11.2. The molecule has 0 aromatic rings. The molecule has 15 heavy (non-hydrogen) atoms. The molecule has 1 saturated carbocycles. The van der Waals surface area contributed by atoms with Crippen molar-refractivity contribution in [2.24, 2.45) is 5.92 Å². The largest absolute Gasteiger partial charge is 0.462 e. The molecule has 5 heteroatoms. The second kappa shape index (κ2) is 5.70. The molecule has 1 aliphatic rings. The minimum Gasteiger partial charge on any atom is -0.462 e. The van der Waals surface area contributed by atoms with Crippen LogP contribution in [0.2, 0.25) is 0 Å². The lowest BCUT2D eigenvalue weighted by molar-refractivity contribution is -0.157. The molecule has 0 radical (unpaired) electrons. The first-order valence-electron chi connectivity index (χ1n) is 5.06. The summed E-state index contributed by atoms with van der Waals surface area (Å²) in [5, 5.41) is 0. The van der Waals surface area contributed by atoms with Crippen LogP contribution in [0.3, 0.4) is 0 Å². The number of rotatable bonds is 5. The summed E-state index contributed by atoms with van der Waals surface area (Å²) in [6, 6.07) is 0. The van der Waals surface area contributed by atoms with E-state index in [1.54, 1.807) is 7.05 Å². The third-order valence-corrected chi connectivity index (χ3v) is 2.33. The van der Waals surface area contributed by atoms with Crippen LogP contribution in [0.25, 0.3) is 0 Å². The first-order chi connectivity index (χ1) is 7.15. The van der Waals surface area contributed by atoms with E-state index in [1.807, 2.05) is 0 Å². The summed E-state index contributed by atoms with van der Waals surface area (Å²) in [5.41, 5.74) is 0. The van der Waals surface area contributed by atoms with Crippen LogP contribution in [0, 0.1) is 5.92 Å². The Balaban J connectivity index is 2.07. The van der Waals surface area contributed by atoms with E-state index < -0.39 is 11.9 Å². The Hall–Kier alpha value is -1.10. The Labute approximate surface area is 89.3 Å². The van der Waals surface area contributed by atoms with Gasteiger partial charge in [0, 0.05) is 20.2 Å². The maximum Gasteiger partial charge on any atom is 0.396 e. The predicted molar refractivity (Wildman–Crippen MR) is 53.2 cm³/mol. The molecule has 0 spiro atoms. The number of esters is 1. The monoisotopic (exact) mass is 215 g/mol. The number of carbonyl (C=O) groups is 2. The SMILES string of the molecule is COC(=O)C(=O)N(C)CCOCC1CC1. The Bertz CT molecular complexity index is 238. The third kappa shape index (κ3) is 4.29. The molecule has 0 unspecified atom stereocenters. The molecule has 1 rings (SSSR count). The van der Waals surface area contributed by atoms with Crippen LogP contribution in [0.4, 0.5) is 0 Å². The van der Waals surface area contributed by atoms with Crippen LogP contribution in [0.15, 0.2) is 0 Å². The van der Waals surface area contributed by atoms with Crippen LogP contribution < -0.4 is 0 Å². The van der Waals surface area contributed by atoms with Crippen LogP contribution in [0.5, 0.6) is 0 Å². The van der Waals surface area contributed by atoms with Gasteiger partial charge in [0.1, 0.15) is 0 Å². The third-order valence-electron chi connectivity index (χ3n) is 2.33. The summed E-state index contributed by atoms with van der Waals surface area (Å²) < 4.78 is 9.66. The van der Waals surface area contributed by atoms with Gasteiger partial charge in [0.2, 0.25) is 0 Å². The van der Waals surface area contributed by atoms with E-state index in [0.717, 1.165) is 6.61 Å². The van der Waals surface area contributed by atoms with E-state index >= 15 is 0 Å². The molecule has 86 valence electrons. The highest BCUT2D eigenvalue weighted by Crippen LogP contribution is 2.28. The van der Waals surface area contributed by atoms with Gasteiger partial charge in [-0.05, 0) is 18.8 Å². The zero-order valence-corrected chi connectivity index (χ0v) is 9.19. The molecule has 1 aliphatic carbocycles. The molecular weight excluding hydrogens is 198 g/mol. The number of ether oxygens (including phenoxy) is 2. The summed E-state index contributed by atoms with van der Waals surface area (Å²) in [5.74, 6) is -0.751. The molecule has 0 heterocycles. The summed E-state index contributed by atoms with van der Waals surface area (Å²) in [7, 11) is 2.75. The van der Waals surface area contributed by atoms with E-state index in [0.29, 0.717) is 19.1 Å². The second-order valence-corrected chi connectivity index (χ2v) is 3.74. The Morgan fingerprint density at radius 3 is 2.60 bits per heavy atom. The molecule has 0 saturated heterocycles. The zero-order chi connectivity index (χ0) is 11.3. The molecule has 0 N–H and O–H groups in total. The number of nitrogens with zero attached hydrogens (tertiary/aromatic N) is 1. The minimum absolute atomic E-state index is 0.417. The molecular formula is C10H17NO4. The Morgan fingerprint density at radius 1 is 1.40 bits per heavy atom. The van der Waals surface area contributed by atoms with Crippen LogP contribution in [-0.4, -0.2) is 50.7 Å². The molecule has 0 aromatic carbocycles. The van der Waals surface area contributed by atoms with Crippen molar-refractivity contribution in [3.8, 4) is 0 Å². The van der Waals surface area contributed by atoms with Gasteiger partial charge in [-0.15, -0.1) is 0 Å². The van der Waals surface area contributed by atoms with Crippen molar-refractivity contribution in [2.45, 2.75) is 12.8 Å². The molecule has 1 amide bonds. The van der Waals surface area contributed by atoms with Crippen molar-refractivity contribution in [1.82, 2.24) is 4.90 Å². The predicted octanol–water partition coefficient (Wildman–Crippen LogP) is 0.0444. The van der Waals surface area contributed by atoms with Gasteiger partial charge in [-0.1, -0.05) is 0 Å². The first kappa shape index (κ1) is 12.0. The molecule has 0 atom stereocenters. The highest BCUT2D eigenvalue weighted by atomic mass is 16.5. The summed E-state index contributed by atoms with van der Waals surface area (Å²) in [6.45, 7) is 1.65. The smallest absolute Gasteiger partial charge is 0.396 e. The number of hydrogen-bond acceptors (Lipinski definition) is 4. The molecule has 0 aliphatic heterocycles. The zero-order valence-electron chi connectivity index (χ0n) is 9.19. The average Bonchev–Trinajstić information content (AvgIpc) is 3.05. The fourth-order valence-corrected chi connectivity index (χ4v) is 1.08. The van der Waals surface area contributed by atoms with Crippen LogP contribution in [0.1, 0.15) is 12.8 Å². The van der Waals surface area contributed by atoms with Crippen molar-refractivity contribution in [3.05, 3.63) is 0 Å². The highest BCUT2D eigenvalue weighted by molar-refractivity contribution is 6.32. The fraction of sp³-hybridized carbons (Fsp3) is 0.800. The summed E-state index contributed by atoms with van der Waals surface area (Å²) in [6.07, 6.45) is 2.49. The maximum absolute atomic E-state index is 11.2. The first-order valence-corrected chi connectivity index (χ1v) is 5.06. The van der Waals surface area contributed by atoms with E-state index in [2.05, 4.69) is 4.74 Å². The lowest BCUT2D eigenvalue weighted by Crippen LogP contribution is -2.36. The standard InChI is InChI=1S/C10H17NO4/c1-11(9(12)10(13)14-2)5-6-15-7-8-3-4-8/h8H,3-7H2,1-2H3. The van der Waals surface area contributed by atoms with E-state index in [1.165, 1.54) is 24.9 Å². The van der Waals surface area contributed by atoms with Gasteiger partial charge in [0.05, 0.1) is 13.7 Å². The lowest BCUT2D eigenvalue weighted by atomic mass is 10.4. The molecule has 1 fully saturated rings. The minimum atomic E-state index is -0.834. The van der Waals surface area contributed by atoms with Crippen molar-refractivity contribution in [2.75, 3.05) is 33.9 Å². The van der Waals surface area contributed by atoms with Crippen molar-refractivity contribution in [3.63, 3.8) is 0 Å². The topological polar surface area (TPSA) is 55.8 Å². The number of amides is 1. The summed E-state index contributed by atoms with van der Waals surface area (Å²) >= 11 is 0. The molecule has 0 aromatic heterocycles. The van der Waals surface area contributed by atoms with Gasteiger partial charge < -0.3 is 14.4 Å². The van der Waals surface area contributed by atoms with Crippen molar-refractivity contribution >= 4 is 11.9 Å². The van der Waals surface area contributed by atoms with Gasteiger partial charge in [-0.2, -0.15) is 0 Å². The fourth-order valence-electron chi connectivity index (χ4n) is 1.08. The van der Waals surface area contributed by atoms with Gasteiger partial charge in [0.25, 0.3) is 0 Å². The second-order valence-electron chi connectivity index (χ2n) is 3.74. The quantitative estimate of drug-likeness (QED) is 0.369. The normalized spacial score (nSPS) is 14.8. The summed E-state index contributed by atoms with van der Waals surface area (Å²) in [4.78, 5) is 23.4. The number of likely N-dealkylation sites (N-methyl/N-ethyl adjacent to an activating group) is 1. The molecule has 0 bridgehead atoms. The number of carbonyl (C=O) groups excluding carboxylic acids is 2. The van der Waals surface area contributed by atoms with Crippen LogP contribution >= 0.6 is 0 Å². The Kier molecular flexibility index (Phi) is 4.55. The van der Waals surface area contributed by atoms with Crippen LogP contribution in [-0.2, 0) is 19.1 Å². The number of hydrogen-bond donors (Lipinski definition) is 0. The van der Waals surface area contributed by atoms with Crippen molar-refractivity contribution < 1.29 is 19.1 Å². The highest BCUT2D eigenvalue weighted by Gasteiger charge is 2.22. The van der Waals surface area contributed by atoms with E-state index in [4.69, 9.17) is 4.74 Å². The van der Waals surface area contributed by atoms with Gasteiger partial charge >= 0.3 is 11.9 Å². The molecule has 5 nitrogen and oxygen atoms in total. The van der Waals surface area contributed by atoms with E-state index in [9.17, 15) is 9.59 Å². The van der Waals surface area contributed by atoms with Gasteiger partial charge in [0.15, 0.2) is 0 Å². The Morgan fingerprint density at radius 2 is 2.07 bits per heavy atom. The van der Waals surface area contributed by atoms with Crippen molar-refractivity contribution in [1.29, 1.82) is 0 Å². The average molecular weight is 215 g/mol. The van der Waals surface area contributed by atoms with Gasteiger partial charge in [-0.3, -0.25) is 4.79 Å². The number of methoxy groups -OCH3 is 1. The lowest BCUT2D eigenvalue weighted by Gasteiger charge is -2.15. The van der Waals surface area contributed by atoms with Gasteiger partial charge in [-0.25, -0.2) is 4.79 Å². The van der Waals surface area contributed by atoms with E-state index in [-0.39, 0.29) is 0 Å².